The summed E-state index contributed by atoms with van der Waals surface area (Å²) in [5.74, 6) is 0. The van der Waals surface area contributed by atoms with E-state index in [0.717, 1.165) is 4.48 Å². The first-order valence-electron chi connectivity index (χ1n) is 4.24. The highest BCUT2D eigenvalue weighted by Crippen LogP contribution is 2.07. The molecule has 0 atom stereocenters. The molecule has 0 saturated carbocycles. The van der Waals surface area contributed by atoms with Gasteiger partial charge in [0.25, 0.3) is 0 Å². The molecule has 0 aliphatic carbocycles. The van der Waals surface area contributed by atoms with E-state index in [9.17, 15) is 0 Å². The van der Waals surface area contributed by atoms with E-state index in [-0.39, 0.29) is 0 Å². The lowest BCUT2D eigenvalue weighted by atomic mass is 10.3. The smallest absolute Gasteiger partial charge is 0.0885 e. The van der Waals surface area contributed by atoms with Gasteiger partial charge in [-0.15, -0.1) is 0 Å². The maximum Gasteiger partial charge on any atom is 0.0885 e. The van der Waals surface area contributed by atoms with E-state index < -0.39 is 0 Å². The molecule has 60 valence electrons. The van der Waals surface area contributed by atoms with Crippen LogP contribution in [-0.2, 0) is 0 Å². The van der Waals surface area contributed by atoms with Crippen molar-refractivity contribution in [3.05, 3.63) is 12.8 Å². The molecule has 0 saturated heterocycles. The van der Waals surface area contributed by atoms with E-state index in [1.165, 1.54) is 26.1 Å². The zero-order valence-electron chi connectivity index (χ0n) is 7.56. The van der Waals surface area contributed by atoms with Crippen molar-refractivity contribution in [2.45, 2.75) is 27.2 Å². The summed E-state index contributed by atoms with van der Waals surface area (Å²) in [7, 11) is 0. The first-order chi connectivity index (χ1) is 4.74. The Kier molecular flexibility index (Phi) is 4.37. The van der Waals surface area contributed by atoms with Gasteiger partial charge in [0.05, 0.1) is 25.8 Å². The van der Waals surface area contributed by atoms with Crippen molar-refractivity contribution in [2.75, 3.05) is 19.6 Å². The Balaban J connectivity index is 4.00. The van der Waals surface area contributed by atoms with Gasteiger partial charge >= 0.3 is 0 Å². The fraction of sp³-hybridized carbons (Fsp3) is 0.778. The summed E-state index contributed by atoms with van der Waals surface area (Å²) >= 11 is 0. The Bertz CT molecular complexity index is 92.9. The summed E-state index contributed by atoms with van der Waals surface area (Å²) in [5, 5.41) is 0. The first kappa shape index (κ1) is 9.70. The molecule has 0 unspecified atom stereocenters. The van der Waals surface area contributed by atoms with Gasteiger partial charge < -0.3 is 0 Å². The largest absolute Gasteiger partial charge is 0.298 e. The Labute approximate surface area is 64.9 Å². The van der Waals surface area contributed by atoms with Crippen molar-refractivity contribution < 1.29 is 4.48 Å². The maximum absolute atomic E-state index is 3.87. The zero-order valence-corrected chi connectivity index (χ0v) is 7.56. The molecule has 1 nitrogen and oxygen atoms in total. The Hall–Kier alpha value is -0.300. The molecular weight excluding hydrogens is 122 g/mol. The van der Waals surface area contributed by atoms with Gasteiger partial charge in [-0.3, -0.25) is 4.48 Å². The fourth-order valence-corrected chi connectivity index (χ4v) is 1.33. The minimum Gasteiger partial charge on any atom is -0.298 e. The van der Waals surface area contributed by atoms with Crippen molar-refractivity contribution >= 4 is 0 Å². The first-order valence-corrected chi connectivity index (χ1v) is 4.24. The monoisotopic (exact) mass is 142 g/mol. The molecule has 0 N–H and O–H groups in total. The average molecular weight is 142 g/mol. The molecule has 0 fully saturated rings. The average Bonchev–Trinajstić information content (AvgIpc) is 2.01. The minimum absolute atomic E-state index is 1.07. The van der Waals surface area contributed by atoms with Gasteiger partial charge in [0.15, 0.2) is 0 Å². The van der Waals surface area contributed by atoms with Gasteiger partial charge in [-0.1, -0.05) is 6.92 Å². The quantitative estimate of drug-likeness (QED) is 0.517. The number of hydrogen-bond acceptors (Lipinski definition) is 0. The third-order valence-corrected chi connectivity index (χ3v) is 2.32. The maximum atomic E-state index is 3.87. The highest BCUT2D eigenvalue weighted by molar-refractivity contribution is 4.54. The van der Waals surface area contributed by atoms with Crippen LogP contribution in [0.3, 0.4) is 0 Å². The molecule has 0 bridgehead atoms. The lowest BCUT2D eigenvalue weighted by Crippen LogP contribution is -2.42. The third kappa shape index (κ3) is 2.14. The van der Waals surface area contributed by atoms with Gasteiger partial charge in [-0.05, 0) is 26.8 Å². The Morgan fingerprint density at radius 3 is 1.80 bits per heavy atom. The molecule has 0 radical (unpaired) electrons. The van der Waals surface area contributed by atoms with E-state index in [2.05, 4.69) is 33.6 Å². The number of quaternary nitrogens is 1. The molecule has 0 aliphatic rings. The van der Waals surface area contributed by atoms with Crippen LogP contribution in [0.1, 0.15) is 27.2 Å². The predicted octanol–water partition coefficient (Wildman–Crippen LogP) is 2.40. The van der Waals surface area contributed by atoms with Crippen molar-refractivity contribution in [3.63, 3.8) is 0 Å². The van der Waals surface area contributed by atoms with Crippen LogP contribution in [-0.4, -0.2) is 24.1 Å². The van der Waals surface area contributed by atoms with E-state index in [4.69, 9.17) is 0 Å². The van der Waals surface area contributed by atoms with Gasteiger partial charge in [0, 0.05) is 0 Å². The summed E-state index contributed by atoms with van der Waals surface area (Å²) in [6.45, 7) is 14.1. The third-order valence-electron chi connectivity index (χ3n) is 2.32. The van der Waals surface area contributed by atoms with Crippen LogP contribution in [0.15, 0.2) is 12.8 Å². The van der Waals surface area contributed by atoms with Gasteiger partial charge in [0.2, 0.25) is 0 Å². The van der Waals surface area contributed by atoms with Crippen molar-refractivity contribution in [1.29, 1.82) is 0 Å². The zero-order chi connectivity index (χ0) is 8.04. The molecule has 0 aromatic heterocycles. The second-order valence-corrected chi connectivity index (χ2v) is 2.76. The Morgan fingerprint density at radius 2 is 1.70 bits per heavy atom. The summed E-state index contributed by atoms with van der Waals surface area (Å²) in [4.78, 5) is 0. The number of nitrogens with zero attached hydrogens (tertiary/aromatic N) is 1. The van der Waals surface area contributed by atoms with Crippen LogP contribution in [0, 0.1) is 0 Å². The topological polar surface area (TPSA) is 0 Å². The molecule has 0 aliphatic heterocycles. The molecule has 1 heteroatoms. The molecule has 0 aromatic rings. The van der Waals surface area contributed by atoms with Crippen LogP contribution >= 0.6 is 0 Å². The molecule has 0 rings (SSSR count). The molecule has 0 heterocycles. The molecule has 0 amide bonds. The van der Waals surface area contributed by atoms with Crippen LogP contribution in [0.5, 0.6) is 0 Å². The molecule has 10 heavy (non-hydrogen) atoms. The van der Waals surface area contributed by atoms with Crippen molar-refractivity contribution in [3.8, 4) is 0 Å². The van der Waals surface area contributed by atoms with Crippen LogP contribution in [0.4, 0.5) is 0 Å². The van der Waals surface area contributed by atoms with Crippen molar-refractivity contribution in [1.82, 2.24) is 0 Å². The van der Waals surface area contributed by atoms with E-state index in [0.29, 0.717) is 0 Å². The van der Waals surface area contributed by atoms with Gasteiger partial charge in [-0.25, -0.2) is 0 Å². The normalized spacial score (nSPS) is 11.5. The number of rotatable bonds is 5. The predicted molar refractivity (Wildman–Crippen MR) is 46.7 cm³/mol. The lowest BCUT2D eigenvalue weighted by molar-refractivity contribution is -0.875. The summed E-state index contributed by atoms with van der Waals surface area (Å²) < 4.78 is 1.07. The SMILES string of the molecule is C=C[N+](CC)(CC)CCC. The Morgan fingerprint density at radius 1 is 1.20 bits per heavy atom. The van der Waals surface area contributed by atoms with Crippen LogP contribution in [0.25, 0.3) is 0 Å². The fourth-order valence-electron chi connectivity index (χ4n) is 1.33. The summed E-state index contributed by atoms with van der Waals surface area (Å²) in [5.41, 5.74) is 0. The molecular formula is C9H20N+. The van der Waals surface area contributed by atoms with Crippen LogP contribution in [0.2, 0.25) is 0 Å². The number of hydrogen-bond donors (Lipinski definition) is 0. The second kappa shape index (κ2) is 4.51. The molecule has 0 spiro atoms. The summed E-state index contributed by atoms with van der Waals surface area (Å²) in [6.07, 6.45) is 3.32. The highest BCUT2D eigenvalue weighted by Gasteiger charge is 2.16. The summed E-state index contributed by atoms with van der Waals surface area (Å²) in [6, 6.07) is 0. The van der Waals surface area contributed by atoms with Crippen LogP contribution < -0.4 is 0 Å². The second-order valence-electron chi connectivity index (χ2n) is 2.76. The van der Waals surface area contributed by atoms with E-state index in [1.54, 1.807) is 0 Å². The lowest BCUT2D eigenvalue weighted by Gasteiger charge is -2.31. The van der Waals surface area contributed by atoms with Gasteiger partial charge in [0.1, 0.15) is 0 Å². The van der Waals surface area contributed by atoms with Gasteiger partial charge in [-0.2, -0.15) is 0 Å². The van der Waals surface area contributed by atoms with E-state index >= 15 is 0 Å². The van der Waals surface area contributed by atoms with Crippen molar-refractivity contribution in [2.24, 2.45) is 0 Å². The minimum atomic E-state index is 1.07. The standard InChI is InChI=1S/C9H20N/c1-5-9-10(6-2,7-3)8-4/h6H,2,5,7-9H2,1,3-4H3/q+1. The highest BCUT2D eigenvalue weighted by atomic mass is 15.3. The van der Waals surface area contributed by atoms with E-state index in [1.807, 2.05) is 0 Å². The molecule has 0 aromatic carbocycles.